The van der Waals surface area contributed by atoms with Crippen LogP contribution in [0, 0.1) is 0 Å². The Bertz CT molecular complexity index is 115. The van der Waals surface area contributed by atoms with E-state index in [1.807, 2.05) is 0 Å². The molecule has 7 nitrogen and oxygen atoms in total. The van der Waals surface area contributed by atoms with Crippen molar-refractivity contribution >= 4 is 16.4 Å². The fourth-order valence-electron chi connectivity index (χ4n) is 0.224. The van der Waals surface area contributed by atoms with Crippen LogP contribution in [0.15, 0.2) is 0 Å². The van der Waals surface area contributed by atoms with Gasteiger partial charge in [0.15, 0.2) is 0 Å². The van der Waals surface area contributed by atoms with E-state index >= 15 is 0 Å². The van der Waals surface area contributed by atoms with Gasteiger partial charge in [-0.15, -0.1) is 0 Å². The Balaban J connectivity index is 0. The summed E-state index contributed by atoms with van der Waals surface area (Å²) in [4.78, 5) is 21.6. The molecular weight excluding hydrogens is 210 g/mol. The van der Waals surface area contributed by atoms with E-state index in [9.17, 15) is 0 Å². The predicted octanol–water partition coefficient (Wildman–Crippen LogP) is 0.224. The first-order valence-corrected chi connectivity index (χ1v) is 5.22. The van der Waals surface area contributed by atoms with E-state index in [1.54, 1.807) is 21.3 Å². The molecule has 0 amide bonds. The van der Waals surface area contributed by atoms with E-state index in [1.165, 1.54) is 0 Å². The molecule has 0 bridgehead atoms. The molecule has 76 valence electrons. The standard InChI is InChI=1S/C3H9O3P.H3O4P/c1-4-7(5-2)6-3;1-5(2,3)4/h1-3H3;(H3,1,2,3,4). The van der Waals surface area contributed by atoms with Gasteiger partial charge in [0.2, 0.25) is 0 Å². The molecule has 0 atom stereocenters. The fourth-order valence-corrected chi connectivity index (χ4v) is 0.671. The first-order chi connectivity index (χ1) is 5.35. The second-order valence-electron chi connectivity index (χ2n) is 1.28. The molecule has 0 radical (unpaired) electrons. The van der Waals surface area contributed by atoms with Crippen molar-refractivity contribution in [2.75, 3.05) is 21.3 Å². The molecule has 9 heteroatoms. The maximum atomic E-state index is 8.88. The molecule has 0 rings (SSSR count). The second kappa shape index (κ2) is 8.04. The van der Waals surface area contributed by atoms with Crippen molar-refractivity contribution in [2.45, 2.75) is 0 Å². The van der Waals surface area contributed by atoms with Crippen LogP contribution in [0.25, 0.3) is 0 Å². The van der Waals surface area contributed by atoms with Crippen LogP contribution in [0.3, 0.4) is 0 Å². The molecule has 0 aromatic carbocycles. The lowest BCUT2D eigenvalue weighted by Crippen LogP contribution is -1.81. The third-order valence-corrected chi connectivity index (χ3v) is 1.34. The third-order valence-electron chi connectivity index (χ3n) is 0.447. The topological polar surface area (TPSA) is 105 Å². The average Bonchev–Trinajstić information content (AvgIpc) is 1.88. The largest absolute Gasteiger partial charge is 0.466 e. The third kappa shape index (κ3) is 22.4. The smallest absolute Gasteiger partial charge is 0.316 e. The monoisotopic (exact) mass is 222 g/mol. The van der Waals surface area contributed by atoms with Crippen LogP contribution < -0.4 is 0 Å². The van der Waals surface area contributed by atoms with Gasteiger partial charge in [-0.3, -0.25) is 0 Å². The fraction of sp³-hybridized carbons (Fsp3) is 1.00. The van der Waals surface area contributed by atoms with E-state index < -0.39 is 16.4 Å². The Morgan fingerprint density at radius 3 is 1.17 bits per heavy atom. The summed E-state index contributed by atoms with van der Waals surface area (Å²) in [5, 5.41) is 0. The Hall–Kier alpha value is 0.420. The predicted molar refractivity (Wildman–Crippen MR) is 42.2 cm³/mol. The Morgan fingerprint density at radius 2 is 1.17 bits per heavy atom. The van der Waals surface area contributed by atoms with Crippen LogP contribution in [0.5, 0.6) is 0 Å². The second-order valence-corrected chi connectivity index (χ2v) is 3.85. The van der Waals surface area contributed by atoms with Crippen molar-refractivity contribution < 1.29 is 32.8 Å². The molecule has 0 saturated carbocycles. The molecule has 0 aliphatic heterocycles. The van der Waals surface area contributed by atoms with Gasteiger partial charge in [-0.25, -0.2) is 4.57 Å². The van der Waals surface area contributed by atoms with Crippen LogP contribution in [-0.2, 0) is 18.1 Å². The lowest BCUT2D eigenvalue weighted by Gasteiger charge is -2.05. The van der Waals surface area contributed by atoms with Crippen LogP contribution in [0.2, 0.25) is 0 Å². The molecule has 0 aromatic rings. The number of rotatable bonds is 3. The maximum Gasteiger partial charge on any atom is 0.466 e. The molecule has 0 unspecified atom stereocenters. The Kier molecular flexibility index (Phi) is 9.99. The first kappa shape index (κ1) is 14.9. The molecule has 0 aliphatic rings. The highest BCUT2D eigenvalue weighted by molar-refractivity contribution is 7.45. The number of phosphoric acid groups is 1. The summed E-state index contributed by atoms with van der Waals surface area (Å²) in [5.74, 6) is 0. The quantitative estimate of drug-likeness (QED) is 0.586. The van der Waals surface area contributed by atoms with Gasteiger partial charge in [0, 0.05) is 21.3 Å². The minimum atomic E-state index is -4.64. The van der Waals surface area contributed by atoms with Crippen molar-refractivity contribution in [3.63, 3.8) is 0 Å². The van der Waals surface area contributed by atoms with Crippen molar-refractivity contribution in [3.8, 4) is 0 Å². The molecule has 0 fully saturated rings. The summed E-state index contributed by atoms with van der Waals surface area (Å²) < 4.78 is 22.9. The normalized spacial score (nSPS) is 10.9. The van der Waals surface area contributed by atoms with Crippen molar-refractivity contribution in [2.24, 2.45) is 0 Å². The SMILES string of the molecule is COP(OC)OC.O=P(O)(O)O. The number of hydrogen-bond acceptors (Lipinski definition) is 4. The summed E-state index contributed by atoms with van der Waals surface area (Å²) in [6, 6.07) is 0. The number of hydrogen-bond donors (Lipinski definition) is 3. The zero-order valence-electron chi connectivity index (χ0n) is 6.87. The van der Waals surface area contributed by atoms with Gasteiger partial charge in [0.05, 0.1) is 0 Å². The summed E-state index contributed by atoms with van der Waals surface area (Å²) in [7, 11) is -1.07. The zero-order chi connectivity index (χ0) is 10.2. The first-order valence-electron chi connectivity index (χ1n) is 2.56. The van der Waals surface area contributed by atoms with Gasteiger partial charge in [0.25, 0.3) is 0 Å². The Morgan fingerprint density at radius 1 is 1.00 bits per heavy atom. The molecule has 0 aliphatic carbocycles. The van der Waals surface area contributed by atoms with E-state index in [0.29, 0.717) is 0 Å². The summed E-state index contributed by atoms with van der Waals surface area (Å²) in [6.45, 7) is 0. The zero-order valence-corrected chi connectivity index (χ0v) is 8.66. The Labute approximate surface area is 71.5 Å². The van der Waals surface area contributed by atoms with Crippen molar-refractivity contribution in [1.29, 1.82) is 0 Å². The van der Waals surface area contributed by atoms with E-state index in [4.69, 9.17) is 19.2 Å². The summed E-state index contributed by atoms with van der Waals surface area (Å²) in [6.07, 6.45) is 0. The van der Waals surface area contributed by atoms with Crippen molar-refractivity contribution in [3.05, 3.63) is 0 Å². The van der Waals surface area contributed by atoms with Gasteiger partial charge in [-0.05, 0) is 0 Å². The minimum absolute atomic E-state index is 1.05. The highest BCUT2D eigenvalue weighted by atomic mass is 31.2. The molecule has 12 heavy (non-hydrogen) atoms. The van der Waals surface area contributed by atoms with Gasteiger partial charge in [-0.1, -0.05) is 0 Å². The van der Waals surface area contributed by atoms with Crippen LogP contribution in [0.4, 0.5) is 0 Å². The summed E-state index contributed by atoms with van der Waals surface area (Å²) in [5.41, 5.74) is 0. The van der Waals surface area contributed by atoms with Crippen LogP contribution in [-0.4, -0.2) is 36.0 Å². The molecule has 0 spiro atoms. The molecule has 0 saturated heterocycles. The van der Waals surface area contributed by atoms with Gasteiger partial charge in [0.1, 0.15) is 0 Å². The minimum Gasteiger partial charge on any atom is -0.316 e. The molecular formula is C3H12O7P2. The molecule has 0 aromatic heterocycles. The van der Waals surface area contributed by atoms with Crippen LogP contribution in [0.1, 0.15) is 0 Å². The molecule has 3 N–H and O–H groups in total. The highest BCUT2D eigenvalue weighted by Gasteiger charge is 2.00. The van der Waals surface area contributed by atoms with E-state index in [-0.39, 0.29) is 0 Å². The molecule has 0 heterocycles. The van der Waals surface area contributed by atoms with Crippen LogP contribution >= 0.6 is 16.4 Å². The highest BCUT2D eigenvalue weighted by Crippen LogP contribution is 2.35. The van der Waals surface area contributed by atoms with Gasteiger partial charge in [-0.2, -0.15) is 0 Å². The summed E-state index contributed by atoms with van der Waals surface area (Å²) >= 11 is 0. The van der Waals surface area contributed by atoms with Gasteiger partial charge >= 0.3 is 16.4 Å². The maximum absolute atomic E-state index is 8.88. The van der Waals surface area contributed by atoms with Gasteiger partial charge < -0.3 is 28.3 Å². The van der Waals surface area contributed by atoms with E-state index in [0.717, 1.165) is 0 Å². The van der Waals surface area contributed by atoms with Crippen molar-refractivity contribution in [1.82, 2.24) is 0 Å². The lowest BCUT2D eigenvalue weighted by atomic mass is 11.8. The van der Waals surface area contributed by atoms with E-state index in [2.05, 4.69) is 13.6 Å². The lowest BCUT2D eigenvalue weighted by molar-refractivity contribution is 0.239. The average molecular weight is 222 g/mol.